The van der Waals surface area contributed by atoms with Gasteiger partial charge in [0.15, 0.2) is 11.5 Å². The van der Waals surface area contributed by atoms with Gasteiger partial charge < -0.3 is 34.5 Å². The molecule has 1 saturated heterocycles. The molecule has 3 N–H and O–H groups in total. The van der Waals surface area contributed by atoms with Crippen molar-refractivity contribution in [2.75, 3.05) is 66.3 Å². The van der Waals surface area contributed by atoms with E-state index in [2.05, 4.69) is 10.2 Å². The number of ether oxygens (including phenoxy) is 4. The number of carbonyl (C=O) groups is 1. The highest BCUT2D eigenvalue weighted by Gasteiger charge is 2.30. The van der Waals surface area contributed by atoms with Crippen LogP contribution in [0.3, 0.4) is 0 Å². The zero-order valence-electron chi connectivity index (χ0n) is 17.8. The summed E-state index contributed by atoms with van der Waals surface area (Å²) in [6.45, 7) is 4.07. The average Bonchev–Trinajstić information content (AvgIpc) is 3.01. The molecular formula is C21H31ClN2O7. The van der Waals surface area contributed by atoms with Crippen LogP contribution in [0.1, 0.15) is 23.2 Å². The highest BCUT2D eigenvalue weighted by molar-refractivity contribution is 6.33. The minimum absolute atomic E-state index is 0.00414. The summed E-state index contributed by atoms with van der Waals surface area (Å²) in [5, 5.41) is 22.4. The molecule has 174 valence electrons. The SMILES string of the molecule is COc1c(Cl)cc(C(=O)NC[C@@H]2CCN(CCOCCO)CC2O)c2c1OCCCO2. The summed E-state index contributed by atoms with van der Waals surface area (Å²) in [6, 6.07) is 1.52. The molecule has 0 aromatic heterocycles. The third kappa shape index (κ3) is 6.14. The van der Waals surface area contributed by atoms with Crippen LogP contribution in [-0.2, 0) is 4.74 Å². The number of halogens is 1. The van der Waals surface area contributed by atoms with E-state index in [9.17, 15) is 9.90 Å². The summed E-state index contributed by atoms with van der Waals surface area (Å²) >= 11 is 6.30. The van der Waals surface area contributed by atoms with Gasteiger partial charge in [-0.05, 0) is 19.0 Å². The molecule has 0 radical (unpaired) electrons. The van der Waals surface area contributed by atoms with Crippen LogP contribution >= 0.6 is 11.6 Å². The number of likely N-dealkylation sites (tertiary alicyclic amines) is 1. The van der Waals surface area contributed by atoms with Gasteiger partial charge in [-0.3, -0.25) is 9.69 Å². The summed E-state index contributed by atoms with van der Waals surface area (Å²) < 4.78 is 22.1. The number of carbonyl (C=O) groups excluding carboxylic acids is 1. The topological polar surface area (TPSA) is 110 Å². The second-order valence-electron chi connectivity index (χ2n) is 7.61. The highest BCUT2D eigenvalue weighted by Crippen LogP contribution is 2.46. The summed E-state index contributed by atoms with van der Waals surface area (Å²) in [6.07, 6.45) is 0.887. The quantitative estimate of drug-likeness (QED) is 0.469. The molecule has 1 aromatic rings. The maximum atomic E-state index is 12.9. The number of hydrogen-bond acceptors (Lipinski definition) is 8. The molecule has 1 unspecified atom stereocenters. The number of methoxy groups -OCH3 is 1. The second kappa shape index (κ2) is 11.7. The molecule has 0 saturated carbocycles. The Morgan fingerprint density at radius 3 is 2.81 bits per heavy atom. The van der Waals surface area contributed by atoms with Gasteiger partial charge in [0.25, 0.3) is 5.91 Å². The smallest absolute Gasteiger partial charge is 0.255 e. The van der Waals surface area contributed by atoms with Crippen molar-refractivity contribution in [3.63, 3.8) is 0 Å². The van der Waals surface area contributed by atoms with E-state index < -0.39 is 6.10 Å². The highest BCUT2D eigenvalue weighted by atomic mass is 35.5. The number of hydrogen-bond donors (Lipinski definition) is 3. The van der Waals surface area contributed by atoms with Crippen molar-refractivity contribution in [1.29, 1.82) is 0 Å². The number of aliphatic hydroxyl groups is 2. The van der Waals surface area contributed by atoms with Crippen LogP contribution in [0.2, 0.25) is 5.02 Å². The number of amides is 1. The lowest BCUT2D eigenvalue weighted by Crippen LogP contribution is -2.48. The molecule has 3 rings (SSSR count). The van der Waals surface area contributed by atoms with Crippen LogP contribution in [-0.4, -0.2) is 93.4 Å². The normalized spacial score (nSPS) is 21.4. The second-order valence-corrected chi connectivity index (χ2v) is 8.02. The van der Waals surface area contributed by atoms with Crippen LogP contribution in [0, 0.1) is 5.92 Å². The summed E-state index contributed by atoms with van der Waals surface area (Å²) in [5.41, 5.74) is 0.288. The lowest BCUT2D eigenvalue weighted by Gasteiger charge is -2.35. The zero-order valence-corrected chi connectivity index (χ0v) is 18.5. The van der Waals surface area contributed by atoms with Crippen LogP contribution in [0.15, 0.2) is 6.07 Å². The first-order valence-corrected chi connectivity index (χ1v) is 11.0. The summed E-state index contributed by atoms with van der Waals surface area (Å²) in [4.78, 5) is 15.0. The molecule has 0 spiro atoms. The van der Waals surface area contributed by atoms with Gasteiger partial charge in [-0.25, -0.2) is 0 Å². The zero-order chi connectivity index (χ0) is 22.2. The Hall–Kier alpha value is -1.78. The van der Waals surface area contributed by atoms with Gasteiger partial charge in [0.1, 0.15) is 0 Å². The number of nitrogens with zero attached hydrogens (tertiary/aromatic N) is 1. The van der Waals surface area contributed by atoms with Gasteiger partial charge in [-0.2, -0.15) is 0 Å². The van der Waals surface area contributed by atoms with Crippen molar-refractivity contribution in [2.24, 2.45) is 5.92 Å². The maximum absolute atomic E-state index is 12.9. The van der Waals surface area contributed by atoms with E-state index in [-0.39, 0.29) is 29.0 Å². The Morgan fingerprint density at radius 1 is 1.32 bits per heavy atom. The lowest BCUT2D eigenvalue weighted by molar-refractivity contribution is 0.00568. The number of benzene rings is 1. The molecular weight excluding hydrogens is 428 g/mol. The molecule has 9 nitrogen and oxygen atoms in total. The first-order chi connectivity index (χ1) is 15.0. The average molecular weight is 459 g/mol. The first kappa shape index (κ1) is 23.9. The van der Waals surface area contributed by atoms with Gasteiger partial charge in [0.2, 0.25) is 5.75 Å². The minimum Gasteiger partial charge on any atom is -0.491 e. The molecule has 1 amide bonds. The minimum atomic E-state index is -0.553. The molecule has 1 fully saturated rings. The third-order valence-electron chi connectivity index (χ3n) is 5.49. The molecule has 2 aliphatic rings. The van der Waals surface area contributed by atoms with Crippen LogP contribution in [0.4, 0.5) is 0 Å². The fourth-order valence-electron chi connectivity index (χ4n) is 3.80. The van der Waals surface area contributed by atoms with Crippen molar-refractivity contribution >= 4 is 17.5 Å². The van der Waals surface area contributed by atoms with Crippen LogP contribution in [0.5, 0.6) is 17.2 Å². The van der Waals surface area contributed by atoms with Gasteiger partial charge in [0.05, 0.1) is 56.8 Å². The van der Waals surface area contributed by atoms with Crippen molar-refractivity contribution < 1.29 is 34.0 Å². The number of piperidine rings is 1. The molecule has 31 heavy (non-hydrogen) atoms. The summed E-state index contributed by atoms with van der Waals surface area (Å²) in [7, 11) is 1.49. The number of nitrogens with one attached hydrogen (secondary N) is 1. The molecule has 1 aromatic carbocycles. The Kier molecular flexibility index (Phi) is 9.03. The molecule has 2 atom stereocenters. The van der Waals surface area contributed by atoms with E-state index in [1.54, 1.807) is 0 Å². The number of aliphatic hydroxyl groups excluding tert-OH is 2. The number of β-amino-alcohol motifs (C(OH)–C–C–N with tert-alkyl or cyclic N) is 1. The van der Waals surface area contributed by atoms with Crippen molar-refractivity contribution in [1.82, 2.24) is 10.2 Å². The Bertz CT molecular complexity index is 749. The molecule has 2 aliphatic heterocycles. The van der Waals surface area contributed by atoms with Crippen LogP contribution < -0.4 is 19.5 Å². The predicted molar refractivity (Wildman–Crippen MR) is 114 cm³/mol. The molecule has 0 bridgehead atoms. The van der Waals surface area contributed by atoms with Crippen molar-refractivity contribution in [3.05, 3.63) is 16.7 Å². The fourth-order valence-corrected chi connectivity index (χ4v) is 4.07. The van der Waals surface area contributed by atoms with Gasteiger partial charge in [0, 0.05) is 32.0 Å². The molecule has 2 heterocycles. The van der Waals surface area contributed by atoms with E-state index in [4.69, 9.17) is 35.7 Å². The monoisotopic (exact) mass is 458 g/mol. The first-order valence-electron chi connectivity index (χ1n) is 10.6. The summed E-state index contributed by atoms with van der Waals surface area (Å²) in [5.74, 6) is 0.631. The van der Waals surface area contributed by atoms with Crippen LogP contribution in [0.25, 0.3) is 0 Å². The third-order valence-corrected chi connectivity index (χ3v) is 5.77. The maximum Gasteiger partial charge on any atom is 0.255 e. The number of fused-ring (bicyclic) bond motifs is 1. The Morgan fingerprint density at radius 2 is 2.10 bits per heavy atom. The van der Waals surface area contributed by atoms with Gasteiger partial charge in [-0.15, -0.1) is 0 Å². The predicted octanol–water partition coefficient (Wildman–Crippen LogP) is 0.931. The van der Waals surface area contributed by atoms with E-state index in [0.29, 0.717) is 69.7 Å². The standard InChI is InChI=1S/C21H31ClN2O7/c1-28-19-16(22)11-15(18-20(19)31-8-2-7-30-18)21(27)23-12-14-3-4-24(13-17(14)26)5-9-29-10-6-25/h11,14,17,25-26H,2-10,12-13H2,1H3,(H,23,27)/t14-,17?/m0/s1. The van der Waals surface area contributed by atoms with Crippen molar-refractivity contribution in [3.8, 4) is 17.2 Å². The fraction of sp³-hybridized carbons (Fsp3) is 0.667. The van der Waals surface area contributed by atoms with Gasteiger partial charge >= 0.3 is 0 Å². The van der Waals surface area contributed by atoms with E-state index in [1.807, 2.05) is 0 Å². The van der Waals surface area contributed by atoms with Gasteiger partial charge in [-0.1, -0.05) is 11.6 Å². The van der Waals surface area contributed by atoms with E-state index in [1.165, 1.54) is 13.2 Å². The van der Waals surface area contributed by atoms with Crippen molar-refractivity contribution in [2.45, 2.75) is 18.9 Å². The molecule has 0 aliphatic carbocycles. The Labute approximate surface area is 187 Å². The molecule has 10 heteroatoms. The van der Waals surface area contributed by atoms with E-state index in [0.717, 1.165) is 13.0 Å². The number of rotatable bonds is 9. The van der Waals surface area contributed by atoms with E-state index >= 15 is 0 Å². The Balaban J connectivity index is 1.58. The lowest BCUT2D eigenvalue weighted by atomic mass is 9.93. The largest absolute Gasteiger partial charge is 0.491 e.